The summed E-state index contributed by atoms with van der Waals surface area (Å²) in [7, 11) is 3.21. The molecule has 0 radical (unpaired) electrons. The summed E-state index contributed by atoms with van der Waals surface area (Å²) < 4.78 is 21.1. The van der Waals surface area contributed by atoms with Gasteiger partial charge in [0.15, 0.2) is 11.5 Å². The first kappa shape index (κ1) is 20.6. The molecule has 0 amide bonds. The van der Waals surface area contributed by atoms with Crippen LogP contribution in [0.25, 0.3) is 0 Å². The molecule has 1 heterocycles. The second-order valence-corrected chi connectivity index (χ2v) is 6.46. The van der Waals surface area contributed by atoms with Gasteiger partial charge in [0.25, 0.3) is 0 Å². The molecule has 5 heteroatoms. The lowest BCUT2D eigenvalue weighted by Gasteiger charge is -2.15. The highest BCUT2D eigenvalue weighted by molar-refractivity contribution is 5.45. The zero-order chi connectivity index (χ0) is 20.6. The van der Waals surface area contributed by atoms with Crippen molar-refractivity contribution in [3.63, 3.8) is 0 Å². The summed E-state index contributed by atoms with van der Waals surface area (Å²) in [5, 5.41) is 10.5. The minimum Gasteiger partial charge on any atom is -0.497 e. The third-order valence-corrected chi connectivity index (χ3v) is 4.54. The first-order valence-corrected chi connectivity index (χ1v) is 9.49. The molecular formula is C24H26O5. The maximum Gasteiger partial charge on any atom is 0.161 e. The lowest BCUT2D eigenvalue weighted by Crippen LogP contribution is -2.02. The van der Waals surface area contributed by atoms with Crippen LogP contribution in [0.15, 0.2) is 66.7 Å². The number of aliphatic hydroxyl groups is 1. The number of fused-ring (bicyclic) bond motifs is 2. The van der Waals surface area contributed by atoms with Gasteiger partial charge in [-0.1, -0.05) is 30.3 Å². The van der Waals surface area contributed by atoms with Crippen molar-refractivity contribution in [1.82, 2.24) is 0 Å². The highest BCUT2D eigenvalue weighted by atomic mass is 16.5. The maximum absolute atomic E-state index is 10.5. The topological polar surface area (TPSA) is 57.2 Å². The summed E-state index contributed by atoms with van der Waals surface area (Å²) in [5.41, 5.74) is 2.83. The van der Waals surface area contributed by atoms with Crippen molar-refractivity contribution < 1.29 is 24.1 Å². The molecule has 0 saturated heterocycles. The van der Waals surface area contributed by atoms with E-state index in [0.717, 1.165) is 29.2 Å². The Balaban J connectivity index is 0.000000246. The average Bonchev–Trinajstić information content (AvgIpc) is 3.11. The van der Waals surface area contributed by atoms with E-state index < -0.39 is 6.10 Å². The second-order valence-electron chi connectivity index (χ2n) is 6.46. The lowest BCUT2D eigenvalue weighted by molar-refractivity contribution is 0.219. The van der Waals surface area contributed by atoms with Gasteiger partial charge in [0.05, 0.1) is 20.8 Å². The van der Waals surface area contributed by atoms with E-state index in [1.807, 2.05) is 49.4 Å². The van der Waals surface area contributed by atoms with E-state index in [1.54, 1.807) is 26.4 Å². The summed E-state index contributed by atoms with van der Waals surface area (Å²) >= 11 is 0. The molecule has 1 unspecified atom stereocenters. The van der Waals surface area contributed by atoms with Crippen molar-refractivity contribution in [2.45, 2.75) is 19.6 Å². The van der Waals surface area contributed by atoms with Crippen LogP contribution in [0, 0.1) is 0 Å². The van der Waals surface area contributed by atoms with Gasteiger partial charge in [0, 0.05) is 0 Å². The second kappa shape index (κ2) is 9.85. The highest BCUT2D eigenvalue weighted by Gasteiger charge is 2.14. The molecule has 5 nitrogen and oxygen atoms in total. The Hall–Kier alpha value is -3.18. The molecule has 1 atom stereocenters. The molecule has 152 valence electrons. The zero-order valence-electron chi connectivity index (χ0n) is 16.9. The number of hydrogen-bond donors (Lipinski definition) is 1. The van der Waals surface area contributed by atoms with Gasteiger partial charge in [-0.05, 0) is 60.0 Å². The summed E-state index contributed by atoms with van der Waals surface area (Å²) in [6.07, 6.45) is -0.721. The van der Waals surface area contributed by atoms with E-state index in [4.69, 9.17) is 18.9 Å². The monoisotopic (exact) mass is 394 g/mol. The Morgan fingerprint density at radius 2 is 1.66 bits per heavy atom. The summed E-state index contributed by atoms with van der Waals surface area (Å²) in [6.45, 7) is 3.22. The van der Waals surface area contributed by atoms with Crippen molar-refractivity contribution in [1.29, 1.82) is 0 Å². The summed E-state index contributed by atoms with van der Waals surface area (Å²) in [5.74, 6) is 3.05. The van der Waals surface area contributed by atoms with E-state index in [9.17, 15) is 5.11 Å². The van der Waals surface area contributed by atoms with Crippen LogP contribution < -0.4 is 18.9 Å². The molecule has 0 fully saturated rings. The average molecular weight is 394 g/mol. The van der Waals surface area contributed by atoms with Crippen LogP contribution in [0.5, 0.6) is 23.0 Å². The largest absolute Gasteiger partial charge is 0.497 e. The number of rotatable bonds is 6. The Kier molecular flexibility index (Phi) is 6.98. The fourth-order valence-electron chi connectivity index (χ4n) is 3.00. The van der Waals surface area contributed by atoms with E-state index in [1.165, 1.54) is 5.56 Å². The Morgan fingerprint density at radius 1 is 0.897 bits per heavy atom. The molecule has 0 aromatic heterocycles. The third kappa shape index (κ3) is 5.21. The molecule has 3 aromatic rings. The van der Waals surface area contributed by atoms with Crippen LogP contribution in [0.2, 0.25) is 0 Å². The van der Waals surface area contributed by atoms with Crippen LogP contribution in [-0.2, 0) is 6.61 Å². The van der Waals surface area contributed by atoms with Crippen molar-refractivity contribution in [2.24, 2.45) is 0 Å². The number of benzene rings is 3. The number of hydrogen-bond acceptors (Lipinski definition) is 5. The van der Waals surface area contributed by atoms with Gasteiger partial charge < -0.3 is 24.1 Å². The smallest absolute Gasteiger partial charge is 0.161 e. The molecule has 1 aliphatic rings. The van der Waals surface area contributed by atoms with Gasteiger partial charge in [-0.25, -0.2) is 0 Å². The van der Waals surface area contributed by atoms with Crippen molar-refractivity contribution >= 4 is 0 Å². The highest BCUT2D eigenvalue weighted by Crippen LogP contribution is 2.32. The predicted molar refractivity (Wildman–Crippen MR) is 112 cm³/mol. The molecule has 0 spiro atoms. The van der Waals surface area contributed by atoms with Gasteiger partial charge in [-0.3, -0.25) is 0 Å². The summed E-state index contributed by atoms with van der Waals surface area (Å²) in [4.78, 5) is 0. The predicted octanol–water partition coefficient (Wildman–Crippen LogP) is 4.76. The van der Waals surface area contributed by atoms with Gasteiger partial charge in [-0.15, -0.1) is 0 Å². The maximum atomic E-state index is 10.5. The Morgan fingerprint density at radius 3 is 2.28 bits per heavy atom. The van der Waals surface area contributed by atoms with Crippen molar-refractivity contribution in [3.05, 3.63) is 83.4 Å². The van der Waals surface area contributed by atoms with Crippen LogP contribution in [-0.4, -0.2) is 25.9 Å². The number of ether oxygens (including phenoxy) is 4. The van der Waals surface area contributed by atoms with Gasteiger partial charge in [-0.2, -0.15) is 0 Å². The van der Waals surface area contributed by atoms with E-state index in [-0.39, 0.29) is 0 Å². The lowest BCUT2D eigenvalue weighted by atomic mass is 10.0. The van der Waals surface area contributed by atoms with Gasteiger partial charge >= 0.3 is 0 Å². The molecule has 0 aliphatic carbocycles. The fraction of sp³-hybridized carbons (Fsp3) is 0.250. The van der Waals surface area contributed by atoms with Gasteiger partial charge in [0.1, 0.15) is 24.2 Å². The van der Waals surface area contributed by atoms with E-state index in [2.05, 4.69) is 12.1 Å². The first-order chi connectivity index (χ1) is 14.1. The molecule has 2 bridgehead atoms. The molecule has 3 aromatic carbocycles. The zero-order valence-corrected chi connectivity index (χ0v) is 16.9. The molecule has 1 N–H and O–H groups in total. The molecule has 29 heavy (non-hydrogen) atoms. The molecular weight excluding hydrogens is 368 g/mol. The van der Waals surface area contributed by atoms with Crippen molar-refractivity contribution in [3.8, 4) is 23.0 Å². The standard InChI is InChI=1S/C17H20O4.C7H6O/c1-4-21-16-11-13(7-10-15(16)20-3)17(18)12-5-8-14(19-2)9-6-12;1-2-6-4-7(3-1)8-5-6/h5-11,17-18H,4H2,1-3H3;1-4H,5H2. The fourth-order valence-corrected chi connectivity index (χ4v) is 3.00. The van der Waals surface area contributed by atoms with Crippen LogP contribution >= 0.6 is 0 Å². The molecule has 1 aliphatic heterocycles. The normalized spacial score (nSPS) is 12.3. The Labute approximate surface area is 171 Å². The SMILES string of the molecule is CCOc1cc(C(O)c2ccc(OC)cc2)ccc1OC.c1cc2cc(c1)OC2. The van der Waals surface area contributed by atoms with Crippen LogP contribution in [0.1, 0.15) is 29.7 Å². The molecule has 0 saturated carbocycles. The third-order valence-electron chi connectivity index (χ3n) is 4.54. The quantitative estimate of drug-likeness (QED) is 0.653. The minimum absolute atomic E-state index is 0.540. The number of methoxy groups -OCH3 is 2. The van der Waals surface area contributed by atoms with Gasteiger partial charge in [0.2, 0.25) is 0 Å². The molecule has 4 rings (SSSR count). The van der Waals surface area contributed by atoms with Crippen LogP contribution in [0.4, 0.5) is 0 Å². The van der Waals surface area contributed by atoms with Crippen molar-refractivity contribution in [2.75, 3.05) is 20.8 Å². The van der Waals surface area contributed by atoms with E-state index in [0.29, 0.717) is 18.1 Å². The first-order valence-electron chi connectivity index (χ1n) is 9.49. The summed E-state index contributed by atoms with van der Waals surface area (Å²) in [6, 6.07) is 20.9. The minimum atomic E-state index is -0.721. The Bertz CT molecular complexity index is 902. The van der Waals surface area contributed by atoms with Crippen LogP contribution in [0.3, 0.4) is 0 Å². The van der Waals surface area contributed by atoms with E-state index >= 15 is 0 Å². The number of aliphatic hydroxyl groups excluding tert-OH is 1.